The first-order valence-electron chi connectivity index (χ1n) is 9.38. The Bertz CT molecular complexity index is 629. The van der Waals surface area contributed by atoms with E-state index in [4.69, 9.17) is 0 Å². The summed E-state index contributed by atoms with van der Waals surface area (Å²) in [6.07, 6.45) is 9.72. The van der Waals surface area contributed by atoms with Crippen LogP contribution in [0.3, 0.4) is 0 Å². The number of nitrogens with one attached hydrogen (secondary N) is 2. The zero-order chi connectivity index (χ0) is 16.5. The maximum atomic E-state index is 12.6. The molecule has 2 heterocycles. The van der Waals surface area contributed by atoms with Crippen molar-refractivity contribution in [1.29, 1.82) is 0 Å². The summed E-state index contributed by atoms with van der Waals surface area (Å²) in [6, 6.07) is 0.273. The molecule has 4 rings (SSSR count). The molecule has 2 aliphatic carbocycles. The number of carbonyl (C=O) groups excluding carboxylic acids is 2. The van der Waals surface area contributed by atoms with Crippen LogP contribution in [0.25, 0.3) is 0 Å². The van der Waals surface area contributed by atoms with Gasteiger partial charge in [-0.2, -0.15) is 5.10 Å². The Morgan fingerprint density at radius 3 is 2.58 bits per heavy atom. The van der Waals surface area contributed by atoms with Crippen molar-refractivity contribution in [2.24, 2.45) is 5.92 Å². The van der Waals surface area contributed by atoms with E-state index < -0.39 is 0 Å². The normalized spacial score (nSPS) is 21.9. The number of nitrogens with zero attached hydrogens (tertiary/aromatic N) is 2. The molecule has 1 aliphatic heterocycles. The Labute approximate surface area is 142 Å². The van der Waals surface area contributed by atoms with Crippen molar-refractivity contribution in [1.82, 2.24) is 20.4 Å². The minimum Gasteiger partial charge on any atom is -0.348 e. The molecule has 0 spiro atoms. The second-order valence-corrected chi connectivity index (χ2v) is 7.48. The third kappa shape index (κ3) is 2.94. The van der Waals surface area contributed by atoms with Crippen molar-refractivity contribution in [3.05, 3.63) is 17.0 Å². The second-order valence-electron chi connectivity index (χ2n) is 7.48. The lowest BCUT2D eigenvalue weighted by molar-refractivity contribution is -0.139. The minimum absolute atomic E-state index is 0.0858. The molecule has 1 aromatic rings. The van der Waals surface area contributed by atoms with Crippen LogP contribution in [0.1, 0.15) is 73.1 Å². The van der Waals surface area contributed by atoms with Gasteiger partial charge in [-0.05, 0) is 25.7 Å². The zero-order valence-electron chi connectivity index (χ0n) is 14.1. The van der Waals surface area contributed by atoms with E-state index in [0.29, 0.717) is 12.2 Å². The SMILES string of the molecule is O=C(NC1CCCCC1)c1n[nH]c2c1CN(C(=O)C1CCC1)CC2. The third-order valence-electron chi connectivity index (χ3n) is 5.86. The van der Waals surface area contributed by atoms with Crippen LogP contribution in [0, 0.1) is 5.92 Å². The van der Waals surface area contributed by atoms with Gasteiger partial charge < -0.3 is 10.2 Å². The summed E-state index contributed by atoms with van der Waals surface area (Å²) in [4.78, 5) is 27.0. The van der Waals surface area contributed by atoms with Gasteiger partial charge in [-0.15, -0.1) is 0 Å². The zero-order valence-corrected chi connectivity index (χ0v) is 14.1. The van der Waals surface area contributed by atoms with Crippen LogP contribution in [0.5, 0.6) is 0 Å². The molecule has 0 unspecified atom stereocenters. The Kier molecular flexibility index (Phi) is 4.29. The summed E-state index contributed by atoms with van der Waals surface area (Å²) >= 11 is 0. The summed E-state index contributed by atoms with van der Waals surface area (Å²) < 4.78 is 0. The molecule has 0 saturated heterocycles. The summed E-state index contributed by atoms with van der Waals surface area (Å²) in [7, 11) is 0. The van der Waals surface area contributed by atoms with Crippen molar-refractivity contribution in [3.8, 4) is 0 Å². The number of hydrogen-bond donors (Lipinski definition) is 2. The number of carbonyl (C=O) groups is 2. The molecule has 2 amide bonds. The average molecular weight is 330 g/mol. The highest BCUT2D eigenvalue weighted by Crippen LogP contribution is 2.30. The van der Waals surface area contributed by atoms with Crippen molar-refractivity contribution in [2.45, 2.75) is 70.4 Å². The van der Waals surface area contributed by atoms with Gasteiger partial charge in [0.15, 0.2) is 5.69 Å². The maximum Gasteiger partial charge on any atom is 0.272 e. The van der Waals surface area contributed by atoms with Crippen molar-refractivity contribution < 1.29 is 9.59 Å². The summed E-state index contributed by atoms with van der Waals surface area (Å²) in [5, 5.41) is 10.4. The Morgan fingerprint density at radius 2 is 1.88 bits per heavy atom. The maximum absolute atomic E-state index is 12.6. The van der Waals surface area contributed by atoms with E-state index in [2.05, 4.69) is 15.5 Å². The lowest BCUT2D eigenvalue weighted by Gasteiger charge is -2.34. The number of aromatic nitrogens is 2. The van der Waals surface area contributed by atoms with Crippen LogP contribution in [-0.2, 0) is 17.8 Å². The van der Waals surface area contributed by atoms with E-state index in [-0.39, 0.29) is 23.8 Å². The Morgan fingerprint density at radius 1 is 1.08 bits per heavy atom. The highest BCUT2D eigenvalue weighted by atomic mass is 16.2. The molecular weight excluding hydrogens is 304 g/mol. The molecule has 0 bridgehead atoms. The summed E-state index contributed by atoms with van der Waals surface area (Å²) in [5.41, 5.74) is 2.42. The van der Waals surface area contributed by atoms with Gasteiger partial charge in [0.1, 0.15) is 0 Å². The van der Waals surface area contributed by atoms with Crippen LogP contribution in [0.2, 0.25) is 0 Å². The molecular formula is C18H26N4O2. The molecule has 0 radical (unpaired) electrons. The van der Waals surface area contributed by atoms with Crippen molar-refractivity contribution in [2.75, 3.05) is 6.54 Å². The molecule has 2 N–H and O–H groups in total. The van der Waals surface area contributed by atoms with E-state index in [9.17, 15) is 9.59 Å². The van der Waals surface area contributed by atoms with E-state index in [1.54, 1.807) is 0 Å². The van der Waals surface area contributed by atoms with Crippen LogP contribution >= 0.6 is 0 Å². The molecule has 2 fully saturated rings. The van der Waals surface area contributed by atoms with E-state index in [0.717, 1.165) is 56.3 Å². The number of aromatic amines is 1. The molecule has 130 valence electrons. The van der Waals surface area contributed by atoms with Gasteiger partial charge in [0.05, 0.1) is 0 Å². The predicted octanol–water partition coefficient (Wildman–Crippen LogP) is 2.16. The van der Waals surface area contributed by atoms with E-state index in [1.165, 1.54) is 19.3 Å². The summed E-state index contributed by atoms with van der Waals surface area (Å²) in [5.74, 6) is 0.377. The van der Waals surface area contributed by atoms with Gasteiger partial charge >= 0.3 is 0 Å². The van der Waals surface area contributed by atoms with Gasteiger partial charge in [0.2, 0.25) is 5.91 Å². The Balaban J connectivity index is 1.45. The van der Waals surface area contributed by atoms with Crippen LogP contribution < -0.4 is 5.32 Å². The molecule has 6 heteroatoms. The van der Waals surface area contributed by atoms with Gasteiger partial charge in [0.25, 0.3) is 5.91 Å². The fourth-order valence-electron chi connectivity index (χ4n) is 4.09. The molecule has 0 atom stereocenters. The van der Waals surface area contributed by atoms with Gasteiger partial charge in [-0.25, -0.2) is 0 Å². The smallest absolute Gasteiger partial charge is 0.272 e. The highest BCUT2D eigenvalue weighted by molar-refractivity contribution is 5.94. The fourth-order valence-corrected chi connectivity index (χ4v) is 4.09. The quantitative estimate of drug-likeness (QED) is 0.891. The lowest BCUT2D eigenvalue weighted by atomic mass is 9.84. The first-order valence-corrected chi connectivity index (χ1v) is 9.38. The Hall–Kier alpha value is -1.85. The molecule has 6 nitrogen and oxygen atoms in total. The van der Waals surface area contributed by atoms with Crippen molar-refractivity contribution in [3.63, 3.8) is 0 Å². The molecule has 3 aliphatic rings. The minimum atomic E-state index is -0.0858. The number of hydrogen-bond acceptors (Lipinski definition) is 3. The largest absolute Gasteiger partial charge is 0.348 e. The van der Waals surface area contributed by atoms with Gasteiger partial charge in [-0.3, -0.25) is 14.7 Å². The first-order chi connectivity index (χ1) is 11.7. The summed E-state index contributed by atoms with van der Waals surface area (Å²) in [6.45, 7) is 1.25. The van der Waals surface area contributed by atoms with Crippen LogP contribution in [0.4, 0.5) is 0 Å². The number of amides is 2. The van der Waals surface area contributed by atoms with Gasteiger partial charge in [0, 0.05) is 42.7 Å². The number of H-pyrrole nitrogens is 1. The molecule has 0 aromatic carbocycles. The standard InChI is InChI=1S/C18H26N4O2/c23-17(19-13-7-2-1-3-8-13)16-14-11-22(10-9-15(14)20-21-16)18(24)12-5-4-6-12/h12-13H,1-11H2,(H,19,23)(H,20,21). The number of fused-ring (bicyclic) bond motifs is 1. The third-order valence-corrected chi connectivity index (χ3v) is 5.86. The van der Waals surface area contributed by atoms with Crippen LogP contribution in [0.15, 0.2) is 0 Å². The van der Waals surface area contributed by atoms with Crippen LogP contribution in [-0.4, -0.2) is 39.5 Å². The molecule has 24 heavy (non-hydrogen) atoms. The van der Waals surface area contributed by atoms with E-state index >= 15 is 0 Å². The molecule has 2 saturated carbocycles. The first kappa shape index (κ1) is 15.7. The topological polar surface area (TPSA) is 78.1 Å². The lowest BCUT2D eigenvalue weighted by Crippen LogP contribution is -2.42. The van der Waals surface area contributed by atoms with Crippen molar-refractivity contribution >= 4 is 11.8 Å². The second kappa shape index (κ2) is 6.57. The highest BCUT2D eigenvalue weighted by Gasteiger charge is 2.33. The molecule has 1 aromatic heterocycles. The fraction of sp³-hybridized carbons (Fsp3) is 0.722. The number of rotatable bonds is 3. The average Bonchev–Trinajstić information content (AvgIpc) is 2.97. The van der Waals surface area contributed by atoms with E-state index in [1.807, 2.05) is 4.90 Å². The van der Waals surface area contributed by atoms with Gasteiger partial charge in [-0.1, -0.05) is 25.7 Å². The monoisotopic (exact) mass is 330 g/mol. The predicted molar refractivity (Wildman–Crippen MR) is 89.4 cm³/mol.